The van der Waals surface area contributed by atoms with E-state index in [0.717, 1.165) is 44.6 Å². The number of ketones is 1. The smallest absolute Gasteiger partial charge is 0.275 e. The minimum Gasteiger partial charge on any atom is -0.288 e. The maximum absolute atomic E-state index is 13.2. The molecule has 10 nitrogen and oxygen atoms in total. The molecule has 3 aliphatic heterocycles. The molecule has 0 aliphatic carbocycles. The van der Waals surface area contributed by atoms with E-state index in [1.165, 1.54) is 5.01 Å². The van der Waals surface area contributed by atoms with E-state index in [2.05, 4.69) is 24.0 Å². The maximum Gasteiger partial charge on any atom is 0.275 e. The lowest BCUT2D eigenvalue weighted by molar-refractivity contribution is -0.124. The van der Waals surface area contributed by atoms with Crippen LogP contribution in [0.5, 0.6) is 0 Å². The summed E-state index contributed by atoms with van der Waals surface area (Å²) in [6.45, 7) is 18.9. The summed E-state index contributed by atoms with van der Waals surface area (Å²) in [5.41, 5.74) is 10.3. The number of aryl methyl sites for hydroxylation is 4. The van der Waals surface area contributed by atoms with Crippen molar-refractivity contribution in [2.75, 3.05) is 18.6 Å². The fourth-order valence-electron chi connectivity index (χ4n) is 8.06. The van der Waals surface area contributed by atoms with Gasteiger partial charge in [0.05, 0.1) is 43.8 Å². The molecule has 0 fully saturated rings. The number of carbonyl (C=O) groups excluding carboxylic acids is 2. The normalized spacial score (nSPS) is 21.6. The average molecular weight is 721 g/mol. The van der Waals surface area contributed by atoms with Crippen molar-refractivity contribution in [3.8, 4) is 0 Å². The van der Waals surface area contributed by atoms with Crippen molar-refractivity contribution >= 4 is 42.6 Å². The van der Waals surface area contributed by atoms with E-state index in [1.807, 2.05) is 46.8 Å². The molecule has 0 saturated heterocycles. The van der Waals surface area contributed by atoms with Gasteiger partial charge in [-0.3, -0.25) is 14.3 Å². The fourth-order valence-corrected chi connectivity index (χ4v) is 12.3. The Morgan fingerprint density at radius 1 is 0.780 bits per heavy atom. The molecule has 3 aliphatic rings. The molecule has 1 amide bonds. The summed E-state index contributed by atoms with van der Waals surface area (Å²) in [6.07, 6.45) is 1.29. The second kappa shape index (κ2) is 13.0. The molecule has 0 N–H and O–H groups in total. The molecule has 3 aromatic rings. The van der Waals surface area contributed by atoms with Crippen LogP contribution in [0.2, 0.25) is 0 Å². The first-order chi connectivity index (χ1) is 23.1. The van der Waals surface area contributed by atoms with Crippen molar-refractivity contribution in [1.29, 1.82) is 0 Å². The van der Waals surface area contributed by atoms with Gasteiger partial charge in [-0.05, 0) is 131 Å². The summed E-state index contributed by atoms with van der Waals surface area (Å²) in [4.78, 5) is 26.5. The molecule has 0 saturated carbocycles. The van der Waals surface area contributed by atoms with E-state index in [-0.39, 0.29) is 35.0 Å². The lowest BCUT2D eigenvalue weighted by Crippen LogP contribution is -2.23. The third kappa shape index (κ3) is 6.08. The summed E-state index contributed by atoms with van der Waals surface area (Å²) in [7, 11) is -3.22. The van der Waals surface area contributed by atoms with Gasteiger partial charge in [0, 0.05) is 25.4 Å². The zero-order valence-electron chi connectivity index (χ0n) is 31.2. The lowest BCUT2D eigenvalue weighted by atomic mass is 9.86. The predicted molar refractivity (Wildman–Crippen MR) is 197 cm³/mol. The van der Waals surface area contributed by atoms with E-state index >= 15 is 0 Å². The van der Waals surface area contributed by atoms with Gasteiger partial charge in [-0.2, -0.15) is 10.2 Å². The number of rotatable bonds is 3. The van der Waals surface area contributed by atoms with Crippen LogP contribution >= 0.6 is 0 Å². The van der Waals surface area contributed by atoms with Gasteiger partial charge in [-0.15, -0.1) is 0 Å². The Morgan fingerprint density at radius 2 is 1.24 bits per heavy atom. The Kier molecular flexibility index (Phi) is 9.72. The summed E-state index contributed by atoms with van der Waals surface area (Å²) < 4.78 is 52.6. The summed E-state index contributed by atoms with van der Waals surface area (Å²) >= 11 is 0. The molecule has 50 heavy (non-hydrogen) atoms. The summed E-state index contributed by atoms with van der Waals surface area (Å²) in [5, 5.41) is 9.84. The average Bonchev–Trinajstić information content (AvgIpc) is 3.44. The number of nitrogens with zero attached hydrogens (tertiary/aromatic N) is 4. The van der Waals surface area contributed by atoms with Gasteiger partial charge in [0.1, 0.15) is 0 Å². The van der Waals surface area contributed by atoms with E-state index in [4.69, 9.17) is 0 Å². The number of sulfone groups is 2. The molecular weight excluding hydrogens is 673 g/mol. The monoisotopic (exact) mass is 720 g/mol. The quantitative estimate of drug-likeness (QED) is 0.227. The van der Waals surface area contributed by atoms with Crippen LogP contribution in [0.15, 0.2) is 32.6 Å². The Morgan fingerprint density at radius 3 is 1.66 bits per heavy atom. The molecule has 268 valence electrons. The van der Waals surface area contributed by atoms with Gasteiger partial charge in [0.2, 0.25) is 0 Å². The molecule has 6 rings (SSSR count). The molecule has 12 heteroatoms. The van der Waals surface area contributed by atoms with E-state index in [9.17, 15) is 26.4 Å². The molecule has 4 heterocycles. The first kappa shape index (κ1) is 37.4. The molecule has 0 spiro atoms. The molecular formula is C38H48N4O6S2. The van der Waals surface area contributed by atoms with Gasteiger partial charge < -0.3 is 0 Å². The van der Waals surface area contributed by atoms with Crippen molar-refractivity contribution < 1.29 is 26.4 Å². The van der Waals surface area contributed by atoms with Crippen LogP contribution in [0.25, 0.3) is 5.57 Å². The zero-order valence-corrected chi connectivity index (χ0v) is 32.8. The van der Waals surface area contributed by atoms with Crippen molar-refractivity contribution in [3.63, 3.8) is 0 Å². The van der Waals surface area contributed by atoms with Gasteiger partial charge in [0.25, 0.3) is 5.91 Å². The number of hydrogen-bond acceptors (Lipinski definition) is 8. The Bertz CT molecular complexity index is 2280. The highest BCUT2D eigenvalue weighted by atomic mass is 32.2. The van der Waals surface area contributed by atoms with E-state index in [1.54, 1.807) is 39.5 Å². The second-order valence-electron chi connectivity index (χ2n) is 14.2. The number of carbonyl (C=O) groups is 2. The molecule has 0 radical (unpaired) electrons. The number of likely N-dealkylation sites (N-methyl/N-ethyl adjacent to an activating group) is 1. The standard InChI is InChI=1S/2C19H24N2O3S/c1-10-7-8-25(23,24)19-12(3)15(9-11(2)16(10)19)18(22)17-13(4)20-21(6)14(17)5;1-10-7-8-25(23,24)18-13(4)15(9-11(2)16(10)18)12(3)17-14(5)20-21(6)19(17)22/h2*9-10H,7-8H2,1-6H3/b;17-12-. The Balaban J connectivity index is 0.000000194. The molecule has 2 unspecified atom stereocenters. The topological polar surface area (TPSA) is 136 Å². The highest BCUT2D eigenvalue weighted by molar-refractivity contribution is 7.91. The molecule has 0 bridgehead atoms. The minimum atomic E-state index is -3.35. The summed E-state index contributed by atoms with van der Waals surface area (Å²) in [6, 6.07) is 3.87. The van der Waals surface area contributed by atoms with Crippen molar-refractivity contribution in [1.82, 2.24) is 14.8 Å². The number of allylic oxidation sites excluding steroid dienone is 1. The number of aromatic nitrogens is 2. The lowest BCUT2D eigenvalue weighted by Gasteiger charge is -2.28. The van der Waals surface area contributed by atoms with Crippen molar-refractivity contribution in [3.05, 3.63) is 79.2 Å². The van der Waals surface area contributed by atoms with E-state index < -0.39 is 19.7 Å². The largest absolute Gasteiger partial charge is 0.288 e. The maximum atomic E-state index is 13.2. The first-order valence-electron chi connectivity index (χ1n) is 17.0. The molecule has 1 aromatic heterocycles. The van der Waals surface area contributed by atoms with Crippen molar-refractivity contribution in [2.24, 2.45) is 12.1 Å². The Labute approximate surface area is 296 Å². The van der Waals surface area contributed by atoms with E-state index in [0.29, 0.717) is 56.3 Å². The second-order valence-corrected chi connectivity index (χ2v) is 18.3. The number of hydrazone groups is 1. The third-order valence-corrected chi connectivity index (χ3v) is 14.6. The van der Waals surface area contributed by atoms with Crippen LogP contribution in [-0.2, 0) is 31.5 Å². The molecule has 2 aromatic carbocycles. The van der Waals surface area contributed by atoms with Crippen LogP contribution in [0.4, 0.5) is 0 Å². The van der Waals surface area contributed by atoms with Crippen LogP contribution in [0.1, 0.15) is 119 Å². The number of hydrogen-bond donors (Lipinski definition) is 0. The summed E-state index contributed by atoms with van der Waals surface area (Å²) in [5.74, 6) is 0.429. The molecule has 2 atom stereocenters. The van der Waals surface area contributed by atoms with Gasteiger partial charge >= 0.3 is 0 Å². The van der Waals surface area contributed by atoms with Crippen LogP contribution in [0, 0.1) is 41.5 Å². The minimum absolute atomic E-state index is 0.143. The predicted octanol–water partition coefficient (Wildman–Crippen LogP) is 6.37. The SMILES string of the molecule is CC1=NN(C)C(=O)/C1=C(/C)c1cc(C)c2c(c1C)S(=O)(=O)CCC2C.Cc1cc(C(=O)c2c(C)nn(C)c2C)c(C)c2c1C(C)CCS2(=O)=O. The van der Waals surface area contributed by atoms with Gasteiger partial charge in [-0.1, -0.05) is 19.9 Å². The highest BCUT2D eigenvalue weighted by Crippen LogP contribution is 2.42. The number of amides is 1. The van der Waals surface area contributed by atoms with Crippen LogP contribution in [0.3, 0.4) is 0 Å². The van der Waals surface area contributed by atoms with Gasteiger partial charge in [0.15, 0.2) is 25.5 Å². The Hall–Kier alpha value is -3.90. The van der Waals surface area contributed by atoms with Crippen molar-refractivity contribution in [2.45, 2.75) is 104 Å². The zero-order chi connectivity index (χ0) is 37.4. The number of benzene rings is 2. The first-order valence-corrected chi connectivity index (χ1v) is 20.3. The highest BCUT2D eigenvalue weighted by Gasteiger charge is 2.36. The van der Waals surface area contributed by atoms with Gasteiger partial charge in [-0.25, -0.2) is 21.8 Å². The third-order valence-electron chi connectivity index (χ3n) is 10.7. The fraction of sp³-hybridized carbons (Fsp3) is 0.474. The van der Waals surface area contributed by atoms with Crippen LogP contribution in [-0.4, -0.2) is 67.6 Å². The van der Waals surface area contributed by atoms with Crippen LogP contribution < -0.4 is 0 Å². The number of fused-ring (bicyclic) bond motifs is 2.